The molecule has 1 aromatic rings. The second-order valence-electron chi connectivity index (χ2n) is 5.57. The third-order valence-electron chi connectivity index (χ3n) is 3.90. The molecule has 1 saturated carbocycles. The van der Waals surface area contributed by atoms with Crippen molar-refractivity contribution in [2.24, 2.45) is 11.7 Å². The van der Waals surface area contributed by atoms with E-state index in [4.69, 9.17) is 18.0 Å². The smallest absolute Gasteiger partial charge is 0.138 e. The maximum absolute atomic E-state index is 5.80. The molecule has 1 aromatic heterocycles. The van der Waals surface area contributed by atoms with E-state index in [2.05, 4.69) is 16.9 Å². The predicted molar refractivity (Wildman–Crippen MR) is 84.7 cm³/mol. The molecule has 0 amide bonds. The fraction of sp³-hybridized carbons (Fsp3) is 0.600. The van der Waals surface area contributed by atoms with Gasteiger partial charge in [0.05, 0.1) is 5.56 Å². The molecular formula is C15H23N3S. The lowest BCUT2D eigenvalue weighted by Crippen LogP contribution is -2.29. The van der Waals surface area contributed by atoms with Gasteiger partial charge in [-0.3, -0.25) is 0 Å². The van der Waals surface area contributed by atoms with Crippen LogP contribution in [0.3, 0.4) is 0 Å². The van der Waals surface area contributed by atoms with Gasteiger partial charge in [0.2, 0.25) is 0 Å². The van der Waals surface area contributed by atoms with Gasteiger partial charge in [0.15, 0.2) is 0 Å². The number of rotatable bonds is 4. The van der Waals surface area contributed by atoms with Crippen molar-refractivity contribution in [2.75, 3.05) is 18.5 Å². The van der Waals surface area contributed by atoms with Crippen molar-refractivity contribution in [3.05, 3.63) is 23.4 Å². The van der Waals surface area contributed by atoms with Crippen LogP contribution in [0.4, 0.5) is 5.82 Å². The molecule has 3 nitrogen and oxygen atoms in total. The Balaban J connectivity index is 2.14. The fourth-order valence-corrected chi connectivity index (χ4v) is 3.03. The Morgan fingerprint density at radius 3 is 2.68 bits per heavy atom. The van der Waals surface area contributed by atoms with E-state index in [1.54, 1.807) is 0 Å². The normalized spacial score (nSPS) is 16.3. The zero-order chi connectivity index (χ0) is 13.8. The molecule has 1 fully saturated rings. The highest BCUT2D eigenvalue weighted by atomic mass is 32.1. The first-order valence-electron chi connectivity index (χ1n) is 7.06. The third-order valence-corrected chi connectivity index (χ3v) is 4.12. The first-order chi connectivity index (χ1) is 9.08. The van der Waals surface area contributed by atoms with Gasteiger partial charge >= 0.3 is 0 Å². The van der Waals surface area contributed by atoms with Gasteiger partial charge in [-0.2, -0.15) is 0 Å². The monoisotopic (exact) mass is 277 g/mol. The van der Waals surface area contributed by atoms with Crippen molar-refractivity contribution >= 4 is 23.0 Å². The summed E-state index contributed by atoms with van der Waals surface area (Å²) >= 11 is 5.13. The summed E-state index contributed by atoms with van der Waals surface area (Å²) in [5.74, 6) is 1.71. The Kier molecular flexibility index (Phi) is 4.75. The molecule has 0 bridgehead atoms. The predicted octanol–water partition coefficient (Wildman–Crippen LogP) is 3.04. The lowest BCUT2D eigenvalue weighted by atomic mass is 9.89. The summed E-state index contributed by atoms with van der Waals surface area (Å²) in [6, 6.07) is 3.95. The number of anilines is 1. The van der Waals surface area contributed by atoms with Crippen LogP contribution in [0.15, 0.2) is 12.1 Å². The van der Waals surface area contributed by atoms with Gasteiger partial charge in [-0.15, -0.1) is 0 Å². The zero-order valence-electron chi connectivity index (χ0n) is 11.9. The van der Waals surface area contributed by atoms with Crippen molar-refractivity contribution in [1.29, 1.82) is 0 Å². The van der Waals surface area contributed by atoms with E-state index in [-0.39, 0.29) is 0 Å². The molecule has 1 aliphatic rings. The maximum Gasteiger partial charge on any atom is 0.138 e. The molecule has 0 atom stereocenters. The Morgan fingerprint density at radius 1 is 1.37 bits per heavy atom. The molecule has 19 heavy (non-hydrogen) atoms. The molecular weight excluding hydrogens is 254 g/mol. The van der Waals surface area contributed by atoms with Crippen LogP contribution in [-0.4, -0.2) is 23.6 Å². The largest absolute Gasteiger partial charge is 0.389 e. The van der Waals surface area contributed by atoms with E-state index in [1.807, 2.05) is 19.1 Å². The van der Waals surface area contributed by atoms with Gasteiger partial charge in [0.1, 0.15) is 10.8 Å². The maximum atomic E-state index is 5.80. The van der Waals surface area contributed by atoms with E-state index in [9.17, 15) is 0 Å². The number of aryl methyl sites for hydroxylation is 1. The average Bonchev–Trinajstić information content (AvgIpc) is 2.39. The first kappa shape index (κ1) is 14.3. The molecule has 0 spiro atoms. The van der Waals surface area contributed by atoms with Crippen molar-refractivity contribution in [2.45, 2.75) is 39.0 Å². The summed E-state index contributed by atoms with van der Waals surface area (Å²) < 4.78 is 0. The molecule has 104 valence electrons. The fourth-order valence-electron chi connectivity index (χ4n) is 2.87. The van der Waals surface area contributed by atoms with Crippen LogP contribution in [0.25, 0.3) is 0 Å². The molecule has 0 aliphatic heterocycles. The minimum absolute atomic E-state index is 0.429. The van der Waals surface area contributed by atoms with Gasteiger partial charge in [0.25, 0.3) is 0 Å². The van der Waals surface area contributed by atoms with Gasteiger partial charge in [-0.25, -0.2) is 4.98 Å². The molecule has 0 unspecified atom stereocenters. The second-order valence-corrected chi connectivity index (χ2v) is 6.01. The molecule has 1 heterocycles. The minimum Gasteiger partial charge on any atom is -0.389 e. The highest BCUT2D eigenvalue weighted by Gasteiger charge is 2.18. The molecule has 0 radical (unpaired) electrons. The van der Waals surface area contributed by atoms with E-state index in [0.29, 0.717) is 4.99 Å². The Bertz CT molecular complexity index is 453. The summed E-state index contributed by atoms with van der Waals surface area (Å²) in [5.41, 5.74) is 7.69. The second kappa shape index (κ2) is 6.33. The average molecular weight is 277 g/mol. The van der Waals surface area contributed by atoms with Crippen molar-refractivity contribution in [3.8, 4) is 0 Å². The zero-order valence-corrected chi connectivity index (χ0v) is 12.7. The topological polar surface area (TPSA) is 42.1 Å². The quantitative estimate of drug-likeness (QED) is 0.859. The van der Waals surface area contributed by atoms with E-state index < -0.39 is 0 Å². The summed E-state index contributed by atoms with van der Waals surface area (Å²) in [6.07, 6.45) is 6.78. The van der Waals surface area contributed by atoms with Gasteiger partial charge in [-0.05, 0) is 37.8 Å². The van der Waals surface area contributed by atoms with Crippen LogP contribution in [0.2, 0.25) is 0 Å². The number of nitrogens with zero attached hydrogens (tertiary/aromatic N) is 2. The lowest BCUT2D eigenvalue weighted by molar-refractivity contribution is 0.361. The van der Waals surface area contributed by atoms with Crippen molar-refractivity contribution in [1.82, 2.24) is 4.98 Å². The van der Waals surface area contributed by atoms with Crippen LogP contribution in [0.5, 0.6) is 0 Å². The molecule has 0 aromatic carbocycles. The molecule has 4 heteroatoms. The number of aromatic nitrogens is 1. The number of hydrogen-bond donors (Lipinski definition) is 1. The van der Waals surface area contributed by atoms with E-state index >= 15 is 0 Å². The van der Waals surface area contributed by atoms with Gasteiger partial charge in [0, 0.05) is 19.3 Å². The summed E-state index contributed by atoms with van der Waals surface area (Å²) in [6.45, 7) is 3.05. The van der Waals surface area contributed by atoms with Crippen LogP contribution in [0.1, 0.15) is 43.4 Å². The SMILES string of the molecule is Cc1ccc(C(N)=S)c(N(C)CC2CCCCC2)n1. The number of thiocarbonyl (C=S) groups is 1. The summed E-state index contributed by atoms with van der Waals surface area (Å²) in [7, 11) is 2.10. The highest BCUT2D eigenvalue weighted by Crippen LogP contribution is 2.26. The van der Waals surface area contributed by atoms with Gasteiger partial charge in [-0.1, -0.05) is 31.5 Å². The van der Waals surface area contributed by atoms with Crippen LogP contribution in [0, 0.1) is 12.8 Å². The molecule has 0 saturated heterocycles. The number of pyridine rings is 1. The minimum atomic E-state index is 0.429. The van der Waals surface area contributed by atoms with E-state index in [0.717, 1.165) is 29.5 Å². The molecule has 2 rings (SSSR count). The van der Waals surface area contributed by atoms with Crippen LogP contribution >= 0.6 is 12.2 Å². The van der Waals surface area contributed by atoms with Crippen molar-refractivity contribution < 1.29 is 0 Å². The van der Waals surface area contributed by atoms with Gasteiger partial charge < -0.3 is 10.6 Å². The summed E-state index contributed by atoms with van der Waals surface area (Å²) in [4.78, 5) is 7.27. The number of hydrogen-bond acceptors (Lipinski definition) is 3. The first-order valence-corrected chi connectivity index (χ1v) is 7.47. The van der Waals surface area contributed by atoms with Crippen LogP contribution in [-0.2, 0) is 0 Å². The standard InChI is InChI=1S/C15H23N3S/c1-11-8-9-13(14(16)19)15(17-11)18(2)10-12-6-4-3-5-7-12/h8-9,12H,3-7,10H2,1-2H3,(H2,16,19). The number of nitrogens with two attached hydrogens (primary N) is 1. The van der Waals surface area contributed by atoms with Crippen LogP contribution < -0.4 is 10.6 Å². The Hall–Kier alpha value is -1.16. The third kappa shape index (κ3) is 3.66. The highest BCUT2D eigenvalue weighted by molar-refractivity contribution is 7.80. The Morgan fingerprint density at radius 2 is 2.05 bits per heavy atom. The summed E-state index contributed by atoms with van der Waals surface area (Å²) in [5, 5.41) is 0. The molecule has 1 aliphatic carbocycles. The van der Waals surface area contributed by atoms with E-state index in [1.165, 1.54) is 32.1 Å². The Labute approximate surface area is 121 Å². The molecule has 2 N–H and O–H groups in total. The van der Waals surface area contributed by atoms with Crippen molar-refractivity contribution in [3.63, 3.8) is 0 Å². The lowest BCUT2D eigenvalue weighted by Gasteiger charge is -2.28.